The van der Waals surface area contributed by atoms with E-state index in [9.17, 15) is 14.9 Å². The smallest absolute Gasteiger partial charge is 0.310 e. The Kier molecular flexibility index (Phi) is 14.4. The maximum absolute atomic E-state index is 13.2. The summed E-state index contributed by atoms with van der Waals surface area (Å²) < 4.78 is 19.6. The van der Waals surface area contributed by atoms with Gasteiger partial charge in [-0.05, 0) is 64.8 Å². The number of Topliss-reactive ketones (excluding diaryl/α,β-unsaturated/α-hetero) is 1. The molecule has 6 rings (SSSR count). The van der Waals surface area contributed by atoms with Crippen molar-refractivity contribution >= 4 is 18.0 Å². The summed E-state index contributed by atoms with van der Waals surface area (Å²) in [5.74, 6) is -0.415. The van der Waals surface area contributed by atoms with E-state index < -0.39 is 29.7 Å². The van der Waals surface area contributed by atoms with Crippen LogP contribution in [-0.4, -0.2) is 48.9 Å². The molecule has 4 aromatic rings. The maximum Gasteiger partial charge on any atom is 0.310 e. The van der Waals surface area contributed by atoms with Crippen LogP contribution in [0.5, 0.6) is 0 Å². The van der Waals surface area contributed by atoms with Crippen LogP contribution in [0.2, 0.25) is 0 Å². The first-order valence-electron chi connectivity index (χ1n) is 19.7. The van der Waals surface area contributed by atoms with Crippen LogP contribution < -0.4 is 0 Å². The number of nitriles is 1. The van der Waals surface area contributed by atoms with Crippen LogP contribution in [0, 0.1) is 17.2 Å². The van der Waals surface area contributed by atoms with Crippen molar-refractivity contribution in [3.63, 3.8) is 0 Å². The summed E-state index contributed by atoms with van der Waals surface area (Å²) >= 11 is 0. The second kappa shape index (κ2) is 20.2. The van der Waals surface area contributed by atoms with Gasteiger partial charge in [0, 0.05) is 32.8 Å². The number of ether oxygens (including phenoxy) is 3. The molecule has 0 N–H and O–H groups in total. The Morgan fingerprint density at radius 3 is 1.91 bits per heavy atom. The highest BCUT2D eigenvalue weighted by molar-refractivity contribution is 5.86. The minimum atomic E-state index is -1.55. The standard InChI is InChI=1S/C51H50N2O5.H2/c1-37(28-40-16-8-4-9-17-40)29-47-50(57-39(3)30-41-18-10-5-11-19-41)48(35-56-49(55)32-43-22-14-7-15-23-43)58-51(47,36-52)45-25-24-38(2)44(26-27-53-34-45)33-46(54)31-42-20-12-6-13-21-42;/h4-27,47-48,50H,1,3,28-35H2,2H3;1H/b38-24+,44-26-,45-25+,53-27?;/t47-,48-,50+,51+;/m1./s1. The lowest BCUT2D eigenvalue weighted by Gasteiger charge is -2.32. The zero-order valence-electron chi connectivity index (χ0n) is 33.1. The van der Waals surface area contributed by atoms with Crippen molar-refractivity contribution < 1.29 is 25.2 Å². The van der Waals surface area contributed by atoms with E-state index in [1.807, 2.05) is 134 Å². The second-order valence-electron chi connectivity index (χ2n) is 15.0. The van der Waals surface area contributed by atoms with E-state index in [1.54, 1.807) is 6.21 Å². The van der Waals surface area contributed by atoms with Gasteiger partial charge in [0.05, 0.1) is 18.7 Å². The Labute approximate surface area is 343 Å². The third-order valence-electron chi connectivity index (χ3n) is 10.5. The number of aliphatic imine (C=N–C) groups is 1. The van der Waals surface area contributed by atoms with Crippen molar-refractivity contribution in [2.75, 3.05) is 13.2 Å². The van der Waals surface area contributed by atoms with Crippen LogP contribution >= 0.6 is 0 Å². The van der Waals surface area contributed by atoms with Crippen molar-refractivity contribution in [1.29, 1.82) is 5.26 Å². The van der Waals surface area contributed by atoms with Gasteiger partial charge in [0.1, 0.15) is 30.7 Å². The molecule has 0 aliphatic carbocycles. The highest BCUT2D eigenvalue weighted by Gasteiger charge is 2.59. The number of carbonyl (C=O) groups excluding carboxylic acids is 2. The fraction of sp³-hybridized carbons (Fsp3) is 0.255. The average molecular weight is 773 g/mol. The molecule has 7 heteroatoms. The average Bonchev–Trinajstić information content (AvgIpc) is 3.55. The topological polar surface area (TPSA) is 98.0 Å². The van der Waals surface area contributed by atoms with E-state index >= 15 is 0 Å². The van der Waals surface area contributed by atoms with E-state index in [4.69, 9.17) is 19.2 Å². The molecule has 2 aliphatic rings. The summed E-state index contributed by atoms with van der Waals surface area (Å²) in [5, 5.41) is 11.4. The van der Waals surface area contributed by atoms with Crippen LogP contribution in [0.4, 0.5) is 0 Å². The molecule has 2 heterocycles. The first-order chi connectivity index (χ1) is 28.2. The fourth-order valence-electron chi connectivity index (χ4n) is 7.59. The van der Waals surface area contributed by atoms with Gasteiger partial charge in [-0.15, -0.1) is 0 Å². The molecule has 0 aromatic heterocycles. The quantitative estimate of drug-likeness (QED) is 0.0603. The molecule has 2 aliphatic heterocycles. The van der Waals surface area contributed by atoms with Crippen LogP contribution in [0.15, 0.2) is 186 Å². The molecule has 7 nitrogen and oxygen atoms in total. The van der Waals surface area contributed by atoms with Gasteiger partial charge in [-0.1, -0.05) is 152 Å². The highest BCUT2D eigenvalue weighted by Crippen LogP contribution is 2.47. The normalized spacial score (nSPS) is 22.9. The monoisotopic (exact) mass is 772 g/mol. The number of allylic oxidation sites excluding steroid dienone is 7. The number of carbonyl (C=O) groups is 2. The van der Waals surface area contributed by atoms with Gasteiger partial charge in [0.15, 0.2) is 5.60 Å². The molecule has 4 aromatic carbocycles. The molecule has 0 amide bonds. The van der Waals surface area contributed by atoms with E-state index in [1.165, 1.54) is 0 Å². The van der Waals surface area contributed by atoms with Gasteiger partial charge >= 0.3 is 5.97 Å². The predicted octanol–water partition coefficient (Wildman–Crippen LogP) is 9.71. The summed E-state index contributed by atoms with van der Waals surface area (Å²) in [4.78, 5) is 31.2. The first-order valence-corrected chi connectivity index (χ1v) is 19.7. The van der Waals surface area contributed by atoms with Gasteiger partial charge in [-0.2, -0.15) is 5.26 Å². The molecular weight excluding hydrogens is 721 g/mol. The van der Waals surface area contributed by atoms with Crippen molar-refractivity contribution in [3.8, 4) is 6.07 Å². The van der Waals surface area contributed by atoms with Crippen molar-refractivity contribution in [1.82, 2.24) is 0 Å². The summed E-state index contributed by atoms with van der Waals surface area (Å²) in [5.41, 5.74) is 5.59. The molecule has 296 valence electrons. The van der Waals surface area contributed by atoms with Crippen molar-refractivity contribution in [2.45, 2.75) is 63.3 Å². The lowest BCUT2D eigenvalue weighted by atomic mass is 9.75. The van der Waals surface area contributed by atoms with Gasteiger partial charge in [-0.3, -0.25) is 14.6 Å². The molecular formula is C51H52N2O5. The Bertz CT molecular complexity index is 2230. The number of hydrogen-bond acceptors (Lipinski definition) is 7. The summed E-state index contributed by atoms with van der Waals surface area (Å²) in [6.45, 7) is 10.8. The third kappa shape index (κ3) is 11.1. The lowest BCUT2D eigenvalue weighted by Crippen LogP contribution is -2.41. The van der Waals surface area contributed by atoms with E-state index in [0.717, 1.165) is 39.0 Å². The first kappa shape index (κ1) is 41.3. The largest absolute Gasteiger partial charge is 0.492 e. The molecule has 58 heavy (non-hydrogen) atoms. The Morgan fingerprint density at radius 2 is 1.33 bits per heavy atom. The zero-order valence-corrected chi connectivity index (χ0v) is 33.1. The van der Waals surface area contributed by atoms with Crippen LogP contribution in [-0.2, 0) is 49.5 Å². The van der Waals surface area contributed by atoms with Crippen LogP contribution in [0.3, 0.4) is 0 Å². The van der Waals surface area contributed by atoms with Gasteiger partial charge in [0.2, 0.25) is 0 Å². The minimum Gasteiger partial charge on any atom is -0.492 e. The van der Waals surface area contributed by atoms with E-state index in [-0.39, 0.29) is 33.2 Å². The molecule has 4 atom stereocenters. The Morgan fingerprint density at radius 1 is 0.776 bits per heavy atom. The fourth-order valence-corrected chi connectivity index (χ4v) is 7.59. The van der Waals surface area contributed by atoms with Gasteiger partial charge in [-0.25, -0.2) is 0 Å². The molecule has 0 unspecified atom stereocenters. The third-order valence-corrected chi connectivity index (χ3v) is 10.5. The van der Waals surface area contributed by atoms with Crippen molar-refractivity contribution in [2.24, 2.45) is 10.9 Å². The number of benzene rings is 4. The van der Waals surface area contributed by atoms with Crippen molar-refractivity contribution in [3.05, 3.63) is 203 Å². The molecule has 1 saturated heterocycles. The molecule has 0 saturated carbocycles. The molecule has 0 bridgehead atoms. The number of rotatable bonds is 17. The highest BCUT2D eigenvalue weighted by atomic mass is 16.6. The van der Waals surface area contributed by atoms with Gasteiger partial charge in [0.25, 0.3) is 0 Å². The number of hydrogen-bond donors (Lipinski definition) is 0. The SMILES string of the molecule is C=C(Cc1ccccc1)C[C@@H]1[C@H](OC(=C)Cc2ccccc2)[C@@H](COC(=O)Cc2ccccc2)O[C@@]1(C#N)/C1=C/C=C(C)/C(CC(=O)Cc2ccccc2)=C\C=NC1.[HH]. The Hall–Kier alpha value is -6.36. The number of esters is 1. The second-order valence-corrected chi connectivity index (χ2v) is 15.0. The predicted molar refractivity (Wildman–Crippen MR) is 231 cm³/mol. The van der Waals surface area contributed by atoms with E-state index in [2.05, 4.69) is 31.4 Å². The Balaban J connectivity index is 0.00000661. The molecule has 1 fully saturated rings. The minimum absolute atomic E-state index is 0. The number of nitrogens with zero attached hydrogens (tertiary/aromatic N) is 2. The summed E-state index contributed by atoms with van der Waals surface area (Å²) in [6.07, 6.45) is 7.90. The summed E-state index contributed by atoms with van der Waals surface area (Å²) in [6, 6.07) is 41.6. The molecule has 0 spiro atoms. The lowest BCUT2D eigenvalue weighted by molar-refractivity contribution is -0.149. The summed E-state index contributed by atoms with van der Waals surface area (Å²) in [7, 11) is 0. The maximum atomic E-state index is 13.2. The number of ketones is 1. The molecule has 0 radical (unpaired) electrons. The van der Waals surface area contributed by atoms with E-state index in [0.29, 0.717) is 37.0 Å². The van der Waals surface area contributed by atoms with Crippen LogP contribution in [0.25, 0.3) is 0 Å². The zero-order chi connectivity index (χ0) is 40.7. The van der Waals surface area contributed by atoms with Gasteiger partial charge < -0.3 is 14.2 Å². The van der Waals surface area contributed by atoms with Crippen LogP contribution in [0.1, 0.15) is 43.4 Å².